The Morgan fingerprint density at radius 1 is 1.71 bits per heavy atom. The highest BCUT2D eigenvalue weighted by molar-refractivity contribution is 9.09. The van der Waals surface area contributed by atoms with Crippen LogP contribution in [-0.4, -0.2) is 11.2 Å². The number of nitrogens with one attached hydrogen (secondary N) is 1. The van der Waals surface area contributed by atoms with Crippen LogP contribution in [0.25, 0.3) is 0 Å². The largest absolute Gasteiger partial charge is 0.467 e. The van der Waals surface area contributed by atoms with Gasteiger partial charge < -0.3 is 9.73 Å². The van der Waals surface area contributed by atoms with E-state index >= 15 is 0 Å². The molecule has 0 spiro atoms. The fourth-order valence-electron chi connectivity index (χ4n) is 1.22. The van der Waals surface area contributed by atoms with E-state index in [1.807, 2.05) is 19.1 Å². The fraction of sp³-hybridized carbons (Fsp3) is 0.500. The summed E-state index contributed by atoms with van der Waals surface area (Å²) in [6.07, 6.45) is 2.95. The first-order chi connectivity index (χ1) is 6.77. The predicted molar refractivity (Wildman–Crippen MR) is 58.3 cm³/mol. The smallest absolute Gasteiger partial charge is 0.221 e. The number of furan rings is 1. The molecule has 1 N–H and O–H groups in total. The highest BCUT2D eigenvalue weighted by Crippen LogP contribution is 2.16. The van der Waals surface area contributed by atoms with Crippen molar-refractivity contribution in [1.29, 1.82) is 0 Å². The van der Waals surface area contributed by atoms with Crippen molar-refractivity contribution >= 4 is 21.8 Å². The van der Waals surface area contributed by atoms with Crippen molar-refractivity contribution in [3.05, 3.63) is 24.2 Å². The lowest BCUT2D eigenvalue weighted by molar-refractivity contribution is -0.121. The predicted octanol–water partition coefficient (Wildman–Crippen LogP) is 2.63. The molecular formula is C10H14BrNO2. The fourth-order valence-corrected chi connectivity index (χ4v) is 1.58. The van der Waals surface area contributed by atoms with Crippen molar-refractivity contribution in [3.63, 3.8) is 0 Å². The van der Waals surface area contributed by atoms with Gasteiger partial charge in [-0.15, -0.1) is 0 Å². The van der Waals surface area contributed by atoms with Crippen LogP contribution in [0, 0.1) is 0 Å². The molecule has 0 radical (unpaired) electrons. The molecule has 0 aliphatic rings. The Kier molecular flexibility index (Phi) is 4.73. The quantitative estimate of drug-likeness (QED) is 0.827. The summed E-state index contributed by atoms with van der Waals surface area (Å²) < 4.78 is 5.24. The van der Waals surface area contributed by atoms with Gasteiger partial charge >= 0.3 is 0 Å². The molecule has 0 aliphatic heterocycles. The Morgan fingerprint density at radius 2 is 2.50 bits per heavy atom. The summed E-state index contributed by atoms with van der Waals surface area (Å²) in [5.74, 6) is 0.862. The average Bonchev–Trinajstić information content (AvgIpc) is 2.67. The van der Waals surface area contributed by atoms with Crippen LogP contribution >= 0.6 is 15.9 Å². The molecule has 0 saturated carbocycles. The summed E-state index contributed by atoms with van der Waals surface area (Å²) in [5.41, 5.74) is 0. The molecule has 0 bridgehead atoms. The molecule has 0 aliphatic carbocycles. The number of carbonyl (C=O) groups is 1. The minimum absolute atomic E-state index is 0.00319. The van der Waals surface area contributed by atoms with E-state index in [0.29, 0.717) is 11.8 Å². The van der Waals surface area contributed by atoms with Crippen molar-refractivity contribution in [2.45, 2.75) is 25.8 Å². The summed E-state index contributed by atoms with van der Waals surface area (Å²) in [6.45, 7) is 2.02. The van der Waals surface area contributed by atoms with Crippen LogP contribution < -0.4 is 5.32 Å². The van der Waals surface area contributed by atoms with E-state index in [2.05, 4.69) is 21.2 Å². The zero-order valence-electron chi connectivity index (χ0n) is 8.13. The molecule has 14 heavy (non-hydrogen) atoms. The van der Waals surface area contributed by atoms with Crippen LogP contribution in [0.15, 0.2) is 22.8 Å². The number of halogens is 1. The second-order valence-electron chi connectivity index (χ2n) is 2.98. The first-order valence-electron chi connectivity index (χ1n) is 4.66. The molecule has 1 aromatic heterocycles. The van der Waals surface area contributed by atoms with Gasteiger partial charge in [-0.1, -0.05) is 22.9 Å². The zero-order chi connectivity index (χ0) is 10.4. The SMILES string of the molecule is CCC(NC(=O)CCBr)c1ccco1. The first kappa shape index (κ1) is 11.3. The Labute approximate surface area is 92.0 Å². The third-order valence-electron chi connectivity index (χ3n) is 1.95. The van der Waals surface area contributed by atoms with Gasteiger partial charge in [0.25, 0.3) is 0 Å². The van der Waals surface area contributed by atoms with E-state index < -0.39 is 0 Å². The van der Waals surface area contributed by atoms with Crippen LogP contribution in [0.3, 0.4) is 0 Å². The van der Waals surface area contributed by atoms with Crippen molar-refractivity contribution in [2.75, 3.05) is 5.33 Å². The normalized spacial score (nSPS) is 12.4. The number of amides is 1. The van der Waals surface area contributed by atoms with Gasteiger partial charge in [-0.2, -0.15) is 0 Å². The topological polar surface area (TPSA) is 42.2 Å². The number of hydrogen-bond donors (Lipinski definition) is 1. The Morgan fingerprint density at radius 3 is 3.00 bits per heavy atom. The van der Waals surface area contributed by atoms with E-state index in [9.17, 15) is 4.79 Å². The summed E-state index contributed by atoms with van der Waals surface area (Å²) in [6, 6.07) is 3.70. The van der Waals surface area contributed by atoms with Crippen molar-refractivity contribution in [2.24, 2.45) is 0 Å². The summed E-state index contributed by atoms with van der Waals surface area (Å²) in [5, 5.41) is 3.60. The van der Waals surface area contributed by atoms with Gasteiger partial charge in [-0.25, -0.2) is 0 Å². The maximum absolute atomic E-state index is 11.3. The van der Waals surface area contributed by atoms with Gasteiger partial charge in [-0.05, 0) is 18.6 Å². The van der Waals surface area contributed by atoms with E-state index in [0.717, 1.165) is 12.2 Å². The van der Waals surface area contributed by atoms with Crippen molar-refractivity contribution < 1.29 is 9.21 Å². The van der Waals surface area contributed by atoms with Gasteiger partial charge in [0.15, 0.2) is 0 Å². The minimum atomic E-state index is -0.00319. The maximum Gasteiger partial charge on any atom is 0.221 e. The van der Waals surface area contributed by atoms with Gasteiger partial charge in [-0.3, -0.25) is 4.79 Å². The van der Waals surface area contributed by atoms with E-state index in [-0.39, 0.29) is 11.9 Å². The number of carbonyl (C=O) groups excluding carboxylic acids is 1. The molecule has 1 amide bonds. The molecule has 0 fully saturated rings. The monoisotopic (exact) mass is 259 g/mol. The maximum atomic E-state index is 11.3. The van der Waals surface area contributed by atoms with Gasteiger partial charge in [0.2, 0.25) is 5.91 Å². The lowest BCUT2D eigenvalue weighted by Crippen LogP contribution is -2.27. The van der Waals surface area contributed by atoms with Crippen molar-refractivity contribution in [1.82, 2.24) is 5.32 Å². The van der Waals surface area contributed by atoms with Crippen LogP contribution in [0.2, 0.25) is 0 Å². The lowest BCUT2D eigenvalue weighted by atomic mass is 10.1. The standard InChI is InChI=1S/C10H14BrNO2/c1-2-8(9-4-3-7-14-9)12-10(13)5-6-11/h3-4,7-8H,2,5-6H2,1H3,(H,12,13). The molecule has 1 heterocycles. The zero-order valence-corrected chi connectivity index (χ0v) is 9.71. The van der Waals surface area contributed by atoms with E-state index in [4.69, 9.17) is 4.42 Å². The number of rotatable bonds is 5. The van der Waals surface area contributed by atoms with Crippen LogP contribution in [0.1, 0.15) is 31.6 Å². The van der Waals surface area contributed by atoms with Gasteiger partial charge in [0.05, 0.1) is 12.3 Å². The molecule has 1 rings (SSSR count). The van der Waals surface area contributed by atoms with Crippen LogP contribution in [0.4, 0.5) is 0 Å². The summed E-state index contributed by atoms with van der Waals surface area (Å²) in [4.78, 5) is 11.3. The number of hydrogen-bond acceptors (Lipinski definition) is 2. The third-order valence-corrected chi connectivity index (χ3v) is 2.35. The summed E-state index contributed by atoms with van der Waals surface area (Å²) in [7, 11) is 0. The van der Waals surface area contributed by atoms with Crippen LogP contribution in [-0.2, 0) is 4.79 Å². The van der Waals surface area contributed by atoms with Gasteiger partial charge in [0.1, 0.15) is 5.76 Å². The van der Waals surface area contributed by atoms with Crippen LogP contribution in [0.5, 0.6) is 0 Å². The molecule has 1 atom stereocenters. The molecule has 4 heteroatoms. The molecule has 1 unspecified atom stereocenters. The lowest BCUT2D eigenvalue weighted by Gasteiger charge is -2.13. The Balaban J connectivity index is 2.51. The highest BCUT2D eigenvalue weighted by Gasteiger charge is 2.13. The van der Waals surface area contributed by atoms with Crippen molar-refractivity contribution in [3.8, 4) is 0 Å². The molecular weight excluding hydrogens is 246 g/mol. The second kappa shape index (κ2) is 5.86. The number of alkyl halides is 1. The molecule has 0 saturated heterocycles. The Bertz CT molecular complexity index is 272. The third kappa shape index (κ3) is 3.18. The molecule has 1 aromatic rings. The van der Waals surface area contributed by atoms with Gasteiger partial charge in [0, 0.05) is 11.8 Å². The summed E-state index contributed by atoms with van der Waals surface area (Å²) >= 11 is 3.23. The minimum Gasteiger partial charge on any atom is -0.467 e. The molecule has 78 valence electrons. The highest BCUT2D eigenvalue weighted by atomic mass is 79.9. The second-order valence-corrected chi connectivity index (χ2v) is 3.78. The molecule has 0 aromatic carbocycles. The van der Waals surface area contributed by atoms with E-state index in [1.165, 1.54) is 0 Å². The Hall–Kier alpha value is -0.770. The van der Waals surface area contributed by atoms with E-state index in [1.54, 1.807) is 6.26 Å². The average molecular weight is 260 g/mol. The first-order valence-corrected chi connectivity index (χ1v) is 5.78. The molecule has 3 nitrogen and oxygen atoms in total.